The van der Waals surface area contributed by atoms with Gasteiger partial charge in [0.25, 0.3) is 0 Å². The average Bonchev–Trinajstić information content (AvgIpc) is 2.49. The second-order valence-corrected chi connectivity index (χ2v) is 21.3. The zero-order valence-corrected chi connectivity index (χ0v) is 49.2. The van der Waals surface area contributed by atoms with Gasteiger partial charge in [0.1, 0.15) is 54.1 Å². The maximum absolute atomic E-state index is 14.6. The average molecular weight is 1220 g/mol. The molecule has 0 saturated carbocycles. The number of aromatic amines is 1. The number of nitrogens with zero attached hydrogens (tertiary/aromatic N) is 4. The summed E-state index contributed by atoms with van der Waals surface area (Å²) in [5, 5.41) is 53.5. The van der Waals surface area contributed by atoms with Gasteiger partial charge >= 0.3 is 17.9 Å². The minimum absolute atomic E-state index is 0.00211. The van der Waals surface area contributed by atoms with Crippen LogP contribution in [0.25, 0.3) is 0 Å². The number of carboxylic acid groups (broad SMARTS) is 3. The Labute approximate surface area is 503 Å². The molecule has 0 aliphatic carbocycles. The molecule has 10 atom stereocenters. The number of phenols is 1. The molecule has 1 aromatic heterocycles. The largest absolute Gasteiger partial charge is 0.508 e. The van der Waals surface area contributed by atoms with E-state index < -0.39 is 132 Å². The van der Waals surface area contributed by atoms with E-state index in [0.29, 0.717) is 49.0 Å². The lowest BCUT2D eigenvalue weighted by Gasteiger charge is -2.32. The van der Waals surface area contributed by atoms with E-state index in [9.17, 15) is 63.3 Å². The molecule has 31 heteroatoms. The fraction of sp³-hybridized carbons (Fsp3) is 0.518. The fourth-order valence-corrected chi connectivity index (χ4v) is 8.96. The molecule has 1 fully saturated rings. The van der Waals surface area contributed by atoms with Crippen LogP contribution in [0.5, 0.6) is 5.75 Å². The van der Waals surface area contributed by atoms with Gasteiger partial charge in [0.15, 0.2) is 11.9 Å². The predicted octanol–water partition coefficient (Wildman–Crippen LogP) is -2.86. The van der Waals surface area contributed by atoms with Crippen LogP contribution >= 0.6 is 0 Å². The van der Waals surface area contributed by atoms with Gasteiger partial charge < -0.3 is 96.6 Å². The van der Waals surface area contributed by atoms with Crippen molar-refractivity contribution >= 4 is 71.2 Å². The highest BCUT2D eigenvalue weighted by atomic mass is 16.4. The molecule has 1 aliphatic heterocycles. The van der Waals surface area contributed by atoms with Crippen LogP contribution in [0.2, 0.25) is 0 Å². The number of carbonyl (C=O) groups excluding carboxylic acids is 7. The summed E-state index contributed by atoms with van der Waals surface area (Å²) in [6, 6.07) is 3.13. The zero-order valence-electron chi connectivity index (χ0n) is 49.2. The summed E-state index contributed by atoms with van der Waals surface area (Å²) >= 11 is 0. The van der Waals surface area contributed by atoms with E-state index in [1.54, 1.807) is 58.0 Å². The minimum Gasteiger partial charge on any atom is -0.508 e. The van der Waals surface area contributed by atoms with Crippen LogP contribution in [0, 0.1) is 11.8 Å². The molecule has 2 heterocycles. The lowest BCUT2D eigenvalue weighted by atomic mass is 9.96. The number of hydrogen-bond donors (Lipinski definition) is 17. The van der Waals surface area contributed by atoms with Crippen molar-refractivity contribution in [2.24, 2.45) is 56.2 Å². The number of rotatable bonds is 34. The van der Waals surface area contributed by atoms with Crippen molar-refractivity contribution in [3.8, 4) is 5.75 Å². The van der Waals surface area contributed by atoms with Gasteiger partial charge in [-0.15, -0.1) is 0 Å². The second-order valence-electron chi connectivity index (χ2n) is 21.3. The predicted molar refractivity (Wildman–Crippen MR) is 318 cm³/mol. The molecule has 1 aliphatic rings. The summed E-state index contributed by atoms with van der Waals surface area (Å²) in [5.74, 6) is -10.6. The molecule has 4 rings (SSSR count). The molecule has 3 aromatic rings. The number of nitrogens with one attached hydrogen (secondary N) is 7. The first-order chi connectivity index (χ1) is 41.1. The number of guanidine groups is 2. The Morgan fingerprint density at radius 3 is 1.75 bits per heavy atom. The lowest BCUT2D eigenvalue weighted by Crippen LogP contribution is -2.62. The Morgan fingerprint density at radius 1 is 0.644 bits per heavy atom. The summed E-state index contributed by atoms with van der Waals surface area (Å²) in [6.07, 6.45) is 3.87. The first-order valence-electron chi connectivity index (χ1n) is 28.3. The third-order valence-corrected chi connectivity index (χ3v) is 14.0. The highest BCUT2D eigenvalue weighted by molar-refractivity contribution is 5.98. The number of H-pyrrole nitrogens is 1. The normalized spacial score (nSPS) is 15.8. The Morgan fingerprint density at radius 2 is 1.20 bits per heavy atom. The third kappa shape index (κ3) is 25.4. The number of aromatic nitrogens is 2. The summed E-state index contributed by atoms with van der Waals surface area (Å²) in [7, 11) is 0. The van der Waals surface area contributed by atoms with Crippen LogP contribution in [0.4, 0.5) is 0 Å². The minimum atomic E-state index is -1.51. The number of amides is 7. The van der Waals surface area contributed by atoms with E-state index in [0.717, 1.165) is 0 Å². The number of aliphatic imine (C=N–C) groups is 2. The summed E-state index contributed by atoms with van der Waals surface area (Å²) in [4.78, 5) is 148. The number of benzene rings is 2. The van der Waals surface area contributed by atoms with Gasteiger partial charge in [-0.25, -0.2) is 9.78 Å². The molecule has 478 valence electrons. The number of carbonyl (C=O) groups is 10. The number of hydrogen-bond acceptors (Lipinski definition) is 16. The molecule has 87 heavy (non-hydrogen) atoms. The molecule has 2 aromatic carbocycles. The van der Waals surface area contributed by atoms with Crippen molar-refractivity contribution < 1.29 is 68.4 Å². The smallest absolute Gasteiger partial charge is 0.326 e. The molecule has 1 unspecified atom stereocenters. The molecule has 7 amide bonds. The quantitative estimate of drug-likeness (QED) is 0.0162. The maximum atomic E-state index is 14.6. The standard InChI is InChI=1S/C50H71N13O12.C6H14N4O2/c1-5-28(4)41(47(72)59-36(23-31-25-54-26-56-31)48(73)63-20-10-14-38(63)45(70)60-37(49(74)75)22-29-11-7-6-8-12-29)62-44(69)35(21-30-15-17-32(64)18-16-30)58-46(71)40(27(2)3)61-43(68)34(13-9-19-55-50(52)53)57-42(67)33(51)24-39(65)66;7-4(5(11)12)2-1-3-10-6(8)9/h6-8,11-12,15-18,25-28,33-38,40-41,64H,5,9-10,13-14,19-24,51H2,1-4H3,(H,54,56)(H,57,67)(H,58,71)(H,59,72)(H,60,70)(H,61,68)(H,62,69)(H,65,66)(H,74,75)(H4,52,53,55);4H,1-3,7H2,(H,11,12)(H4,8,9,10)/t28-,33-,34-,35-,36-,37-,38-,40-,41-;/m0./s1. The number of carboxylic acids is 3. The Bertz CT molecular complexity index is 2810. The van der Waals surface area contributed by atoms with Gasteiger partial charge in [-0.05, 0) is 73.6 Å². The summed E-state index contributed by atoms with van der Waals surface area (Å²) < 4.78 is 0. The first-order valence-corrected chi connectivity index (χ1v) is 28.3. The molecular formula is C56H85N17O14. The van der Waals surface area contributed by atoms with Gasteiger partial charge in [0.2, 0.25) is 41.4 Å². The van der Waals surface area contributed by atoms with Crippen molar-refractivity contribution in [3.63, 3.8) is 0 Å². The van der Waals surface area contributed by atoms with Gasteiger partial charge in [0, 0.05) is 50.8 Å². The number of aliphatic carboxylic acids is 3. The Balaban J connectivity index is 0.00000148. The monoisotopic (exact) mass is 1220 g/mol. The third-order valence-electron chi connectivity index (χ3n) is 14.0. The van der Waals surface area contributed by atoms with Crippen LogP contribution in [-0.4, -0.2) is 180 Å². The van der Waals surface area contributed by atoms with Gasteiger partial charge in [-0.1, -0.05) is 76.6 Å². The summed E-state index contributed by atoms with van der Waals surface area (Å²) in [6.45, 7) is 7.32. The Hall–Kier alpha value is -9.39. The molecule has 0 spiro atoms. The fourth-order valence-electron chi connectivity index (χ4n) is 8.96. The van der Waals surface area contributed by atoms with Crippen molar-refractivity contribution in [2.45, 2.75) is 153 Å². The van der Waals surface area contributed by atoms with Crippen LogP contribution in [0.3, 0.4) is 0 Å². The second kappa shape index (κ2) is 36.5. The van der Waals surface area contributed by atoms with E-state index in [-0.39, 0.29) is 69.3 Å². The topological polar surface area (TPSA) is 537 Å². The van der Waals surface area contributed by atoms with E-state index in [2.05, 4.69) is 51.9 Å². The van der Waals surface area contributed by atoms with Crippen LogP contribution < -0.4 is 66.3 Å². The van der Waals surface area contributed by atoms with E-state index in [1.807, 2.05) is 0 Å². The highest BCUT2D eigenvalue weighted by Crippen LogP contribution is 2.21. The maximum Gasteiger partial charge on any atom is 0.326 e. The molecule has 0 bridgehead atoms. The Kier molecular flexibility index (Phi) is 30.1. The number of nitrogens with two attached hydrogens (primary N) is 6. The van der Waals surface area contributed by atoms with E-state index >= 15 is 0 Å². The lowest BCUT2D eigenvalue weighted by molar-refractivity contribution is -0.145. The SMILES string of the molecule is CC[C@H](C)[C@H](NC(=O)[C@H](Cc1ccc(O)cc1)NC(=O)[C@@H](NC(=O)[C@H](CCCN=C(N)N)NC(=O)[C@@H](N)CC(=O)O)C(C)C)C(=O)N[C@@H](Cc1cnc[nH]1)C(=O)N1CCC[C@H]1C(=O)N[C@@H](Cc1ccccc1)C(=O)O.NC(N)=NCCCC(N)C(=O)O. The van der Waals surface area contributed by atoms with Crippen LogP contribution in [0.1, 0.15) is 95.9 Å². The molecular weight excluding hydrogens is 1130 g/mol. The number of aromatic hydroxyl groups is 1. The molecule has 1 saturated heterocycles. The van der Waals surface area contributed by atoms with Crippen molar-refractivity contribution in [2.75, 3.05) is 19.6 Å². The van der Waals surface area contributed by atoms with E-state index in [4.69, 9.17) is 39.5 Å². The van der Waals surface area contributed by atoms with Gasteiger partial charge in [0.05, 0.1) is 18.8 Å². The highest BCUT2D eigenvalue weighted by Gasteiger charge is 2.41. The molecule has 0 radical (unpaired) electrons. The molecule has 31 nitrogen and oxygen atoms in total. The molecule has 23 N–H and O–H groups in total. The van der Waals surface area contributed by atoms with E-state index in [1.165, 1.54) is 41.7 Å². The number of likely N-dealkylation sites (tertiary alicyclic amines) is 1. The zero-order chi connectivity index (χ0) is 64.9. The van der Waals surface area contributed by atoms with Crippen LogP contribution in [0.15, 0.2) is 77.1 Å². The van der Waals surface area contributed by atoms with Gasteiger partial charge in [-0.2, -0.15) is 0 Å². The number of imidazole rings is 1. The van der Waals surface area contributed by atoms with Crippen molar-refractivity contribution in [1.29, 1.82) is 0 Å². The van der Waals surface area contributed by atoms with Gasteiger partial charge in [-0.3, -0.25) is 53.1 Å². The first kappa shape index (κ1) is 71.9. The van der Waals surface area contributed by atoms with Crippen molar-refractivity contribution in [1.82, 2.24) is 46.8 Å². The number of phenolic OH excluding ortho intramolecular Hbond substituents is 1. The summed E-state index contributed by atoms with van der Waals surface area (Å²) in [5.41, 5.74) is 33.6. The van der Waals surface area contributed by atoms with Crippen molar-refractivity contribution in [3.05, 3.63) is 83.9 Å². The van der Waals surface area contributed by atoms with Crippen LogP contribution in [-0.2, 0) is 67.2 Å².